The number of anilines is 1. The molecule has 0 aliphatic heterocycles. The van der Waals surface area contributed by atoms with Gasteiger partial charge in [-0.25, -0.2) is 0 Å². The van der Waals surface area contributed by atoms with Gasteiger partial charge in [-0.3, -0.25) is 4.98 Å². The van der Waals surface area contributed by atoms with Crippen LogP contribution in [0.2, 0.25) is 0 Å². The van der Waals surface area contributed by atoms with E-state index in [-0.39, 0.29) is 0 Å². The highest BCUT2D eigenvalue weighted by Crippen LogP contribution is 2.02. The van der Waals surface area contributed by atoms with Gasteiger partial charge in [-0.15, -0.1) is 0 Å². The fourth-order valence-corrected chi connectivity index (χ4v) is 1.61. The van der Waals surface area contributed by atoms with Crippen LogP contribution in [-0.4, -0.2) is 18.1 Å². The summed E-state index contributed by atoms with van der Waals surface area (Å²) in [4.78, 5) is 4.04. The lowest BCUT2D eigenvalue weighted by molar-refractivity contribution is 0.148. The Morgan fingerprint density at radius 3 is 2.74 bits per heavy atom. The minimum Gasteiger partial charge on any atom is -0.380 e. The quantitative estimate of drug-likeness (QED) is 0.608. The van der Waals surface area contributed by atoms with Gasteiger partial charge in [-0.2, -0.15) is 0 Å². The van der Waals surface area contributed by atoms with E-state index in [1.807, 2.05) is 36.4 Å². The molecule has 0 unspecified atom stereocenters. The van der Waals surface area contributed by atoms with Crippen molar-refractivity contribution in [3.63, 3.8) is 0 Å². The Kier molecular flexibility index (Phi) is 5.64. The molecule has 0 radical (unpaired) electrons. The van der Waals surface area contributed by atoms with Gasteiger partial charge < -0.3 is 10.1 Å². The molecular formula is C16H18N2O. The Bertz CT molecular complexity index is 483. The van der Waals surface area contributed by atoms with Gasteiger partial charge in [0.15, 0.2) is 0 Å². The summed E-state index contributed by atoms with van der Waals surface area (Å²) >= 11 is 0. The highest BCUT2D eigenvalue weighted by Gasteiger charge is 1.89. The Balaban J connectivity index is 1.57. The second-order valence-electron chi connectivity index (χ2n) is 4.09. The predicted molar refractivity (Wildman–Crippen MR) is 78.0 cm³/mol. The van der Waals surface area contributed by atoms with Crippen molar-refractivity contribution in [1.82, 2.24) is 4.98 Å². The van der Waals surface area contributed by atoms with Crippen molar-refractivity contribution in [3.05, 3.63) is 72.6 Å². The Morgan fingerprint density at radius 1 is 1.05 bits per heavy atom. The smallest absolute Gasteiger partial charge is 0.0721 e. The predicted octanol–water partition coefficient (Wildman–Crippen LogP) is 3.27. The van der Waals surface area contributed by atoms with Crippen LogP contribution in [0, 0.1) is 0 Å². The maximum atomic E-state index is 5.55. The molecule has 0 saturated carbocycles. The van der Waals surface area contributed by atoms with E-state index in [4.69, 9.17) is 4.74 Å². The zero-order chi connectivity index (χ0) is 13.2. The van der Waals surface area contributed by atoms with Crippen LogP contribution in [0.3, 0.4) is 0 Å². The molecule has 0 bridgehead atoms. The molecule has 2 aromatic rings. The van der Waals surface area contributed by atoms with Gasteiger partial charge in [0, 0.05) is 18.9 Å². The zero-order valence-electron chi connectivity index (χ0n) is 10.8. The second-order valence-corrected chi connectivity index (χ2v) is 4.09. The number of aromatic nitrogens is 1. The molecule has 0 aliphatic rings. The first-order chi connectivity index (χ1) is 9.45. The monoisotopic (exact) mass is 254 g/mol. The van der Waals surface area contributed by atoms with E-state index in [2.05, 4.69) is 28.5 Å². The third kappa shape index (κ3) is 5.36. The van der Waals surface area contributed by atoms with Crippen LogP contribution >= 0.6 is 0 Å². The summed E-state index contributed by atoms with van der Waals surface area (Å²) in [6, 6.07) is 14.1. The summed E-state index contributed by atoms with van der Waals surface area (Å²) < 4.78 is 5.55. The fourth-order valence-electron chi connectivity index (χ4n) is 1.61. The van der Waals surface area contributed by atoms with E-state index in [0.717, 1.165) is 12.2 Å². The molecule has 0 spiro atoms. The molecule has 1 aromatic heterocycles. The normalized spacial score (nSPS) is 10.7. The molecule has 19 heavy (non-hydrogen) atoms. The summed E-state index contributed by atoms with van der Waals surface area (Å²) in [6.07, 6.45) is 7.64. The molecule has 1 heterocycles. The largest absolute Gasteiger partial charge is 0.380 e. The molecule has 3 heteroatoms. The molecule has 1 N–H and O–H groups in total. The van der Waals surface area contributed by atoms with Crippen LogP contribution in [0.25, 0.3) is 0 Å². The molecule has 0 aliphatic carbocycles. The van der Waals surface area contributed by atoms with Gasteiger partial charge >= 0.3 is 0 Å². The van der Waals surface area contributed by atoms with E-state index in [1.165, 1.54) is 5.56 Å². The van der Waals surface area contributed by atoms with Gasteiger partial charge in [0.25, 0.3) is 0 Å². The average Bonchev–Trinajstić information content (AvgIpc) is 2.48. The molecule has 3 nitrogen and oxygen atoms in total. The molecule has 0 saturated heterocycles. The lowest BCUT2D eigenvalue weighted by Crippen LogP contribution is -1.99. The standard InChI is InChI=1S/C16H18N2O/c1-2-7-15(8-3-1)14-19-12-5-4-11-18-16-9-6-10-17-13-16/h1-10,13,18H,11-12,14H2/b5-4-. The first-order valence-electron chi connectivity index (χ1n) is 6.36. The first-order valence-corrected chi connectivity index (χ1v) is 6.36. The third-order valence-electron chi connectivity index (χ3n) is 2.58. The van der Waals surface area contributed by atoms with Crippen molar-refractivity contribution in [3.8, 4) is 0 Å². The van der Waals surface area contributed by atoms with Crippen molar-refractivity contribution in [2.24, 2.45) is 0 Å². The van der Waals surface area contributed by atoms with Crippen LogP contribution < -0.4 is 5.32 Å². The van der Waals surface area contributed by atoms with Crippen molar-refractivity contribution in [1.29, 1.82) is 0 Å². The number of nitrogens with zero attached hydrogens (tertiary/aromatic N) is 1. The van der Waals surface area contributed by atoms with E-state index < -0.39 is 0 Å². The number of nitrogens with one attached hydrogen (secondary N) is 1. The van der Waals surface area contributed by atoms with Crippen molar-refractivity contribution in [2.75, 3.05) is 18.5 Å². The van der Waals surface area contributed by atoms with Crippen LogP contribution in [0.15, 0.2) is 67.0 Å². The second kappa shape index (κ2) is 8.06. The van der Waals surface area contributed by atoms with Crippen LogP contribution in [0.4, 0.5) is 5.69 Å². The van der Waals surface area contributed by atoms with Crippen molar-refractivity contribution >= 4 is 5.69 Å². The van der Waals surface area contributed by atoms with E-state index in [9.17, 15) is 0 Å². The SMILES string of the molecule is C(=C/COCc1ccccc1)/CNc1cccnc1. The van der Waals surface area contributed by atoms with Gasteiger partial charge in [0.05, 0.1) is 18.9 Å². The molecule has 98 valence electrons. The number of pyridine rings is 1. The summed E-state index contributed by atoms with van der Waals surface area (Å²) in [7, 11) is 0. The van der Waals surface area contributed by atoms with E-state index in [0.29, 0.717) is 13.2 Å². The van der Waals surface area contributed by atoms with Gasteiger partial charge in [0.2, 0.25) is 0 Å². The molecular weight excluding hydrogens is 236 g/mol. The molecule has 0 amide bonds. The molecule has 1 aromatic carbocycles. The fraction of sp³-hybridized carbons (Fsp3) is 0.188. The number of hydrogen-bond acceptors (Lipinski definition) is 3. The maximum Gasteiger partial charge on any atom is 0.0721 e. The number of ether oxygens (including phenoxy) is 1. The third-order valence-corrected chi connectivity index (χ3v) is 2.58. The minimum absolute atomic E-state index is 0.629. The number of benzene rings is 1. The van der Waals surface area contributed by atoms with Crippen LogP contribution in [0.5, 0.6) is 0 Å². The van der Waals surface area contributed by atoms with E-state index >= 15 is 0 Å². The Morgan fingerprint density at radius 2 is 1.95 bits per heavy atom. The first kappa shape index (κ1) is 13.3. The summed E-state index contributed by atoms with van der Waals surface area (Å²) in [6.45, 7) is 2.06. The van der Waals surface area contributed by atoms with E-state index in [1.54, 1.807) is 12.4 Å². The molecule has 0 fully saturated rings. The van der Waals surface area contributed by atoms with Crippen LogP contribution in [-0.2, 0) is 11.3 Å². The van der Waals surface area contributed by atoms with Gasteiger partial charge in [-0.1, -0.05) is 42.5 Å². The minimum atomic E-state index is 0.629. The Labute approximate surface area is 114 Å². The van der Waals surface area contributed by atoms with Crippen molar-refractivity contribution in [2.45, 2.75) is 6.61 Å². The maximum absolute atomic E-state index is 5.55. The lowest BCUT2D eigenvalue weighted by atomic mass is 10.2. The Hall–Kier alpha value is -2.13. The zero-order valence-corrected chi connectivity index (χ0v) is 10.8. The number of rotatable bonds is 7. The highest BCUT2D eigenvalue weighted by molar-refractivity contribution is 5.40. The highest BCUT2D eigenvalue weighted by atomic mass is 16.5. The van der Waals surface area contributed by atoms with Gasteiger partial charge in [0.1, 0.15) is 0 Å². The summed E-state index contributed by atoms with van der Waals surface area (Å²) in [5.74, 6) is 0. The average molecular weight is 254 g/mol. The topological polar surface area (TPSA) is 34.1 Å². The summed E-state index contributed by atoms with van der Waals surface area (Å²) in [5, 5.41) is 3.25. The van der Waals surface area contributed by atoms with Crippen molar-refractivity contribution < 1.29 is 4.74 Å². The lowest BCUT2D eigenvalue weighted by Gasteiger charge is -2.02. The number of hydrogen-bond donors (Lipinski definition) is 1. The molecule has 0 atom stereocenters. The van der Waals surface area contributed by atoms with Gasteiger partial charge in [-0.05, 0) is 17.7 Å². The molecule has 2 rings (SSSR count). The summed E-state index contributed by atoms with van der Waals surface area (Å²) in [5.41, 5.74) is 2.22. The van der Waals surface area contributed by atoms with Crippen LogP contribution in [0.1, 0.15) is 5.56 Å².